The minimum atomic E-state index is -0.614. The summed E-state index contributed by atoms with van der Waals surface area (Å²) in [6, 6.07) is 0. The van der Waals surface area contributed by atoms with E-state index in [1.54, 1.807) is 0 Å². The van der Waals surface area contributed by atoms with Crippen LogP contribution in [0.5, 0.6) is 0 Å². The van der Waals surface area contributed by atoms with Crippen molar-refractivity contribution in [2.24, 2.45) is 17.3 Å². The number of hydrogen-bond acceptors (Lipinski definition) is 7. The minimum Gasteiger partial charge on any atom is -0.354 e. The molecule has 3 aromatic rings. The Morgan fingerprint density at radius 2 is 2.03 bits per heavy atom. The molecule has 31 heavy (non-hydrogen) atoms. The van der Waals surface area contributed by atoms with Gasteiger partial charge in [0.2, 0.25) is 11.6 Å². The molecule has 1 N–H and O–H groups in total. The fourth-order valence-corrected chi connectivity index (χ4v) is 5.15. The monoisotopic (exact) mass is 425 g/mol. The fraction of sp³-hybridized carbons (Fsp3) is 0.682. The first kappa shape index (κ1) is 20.2. The van der Waals surface area contributed by atoms with Crippen molar-refractivity contribution in [1.29, 1.82) is 0 Å². The third-order valence-electron chi connectivity index (χ3n) is 6.90. The van der Waals surface area contributed by atoms with Crippen molar-refractivity contribution < 1.29 is 4.52 Å². The van der Waals surface area contributed by atoms with Crippen LogP contribution in [-0.4, -0.2) is 42.7 Å². The van der Waals surface area contributed by atoms with E-state index in [0.29, 0.717) is 17.4 Å². The predicted octanol–water partition coefficient (Wildman–Crippen LogP) is 3.62. The Kier molecular flexibility index (Phi) is 5.06. The lowest BCUT2D eigenvalue weighted by Crippen LogP contribution is -2.40. The Morgan fingerprint density at radius 3 is 2.74 bits per heavy atom. The van der Waals surface area contributed by atoms with Gasteiger partial charge < -0.3 is 9.47 Å². The summed E-state index contributed by atoms with van der Waals surface area (Å²) >= 11 is 0. The van der Waals surface area contributed by atoms with Gasteiger partial charge in [0.05, 0.1) is 6.33 Å². The summed E-state index contributed by atoms with van der Waals surface area (Å²) in [4.78, 5) is 30.5. The molecule has 2 aliphatic rings. The summed E-state index contributed by atoms with van der Waals surface area (Å²) in [5.41, 5.74) is 1.82. The van der Waals surface area contributed by atoms with Crippen LogP contribution in [0.4, 0.5) is 5.82 Å². The highest BCUT2D eigenvalue weighted by atomic mass is 16.5. The van der Waals surface area contributed by atoms with Crippen LogP contribution in [0.2, 0.25) is 0 Å². The second kappa shape index (κ2) is 7.76. The second-order valence-electron chi connectivity index (χ2n) is 10.2. The summed E-state index contributed by atoms with van der Waals surface area (Å²) in [5, 5.41) is 3.79. The van der Waals surface area contributed by atoms with Gasteiger partial charge in [0.25, 0.3) is 0 Å². The Labute approximate surface area is 181 Å². The van der Waals surface area contributed by atoms with Gasteiger partial charge in [0.15, 0.2) is 11.5 Å². The lowest BCUT2D eigenvalue weighted by Gasteiger charge is -2.39. The van der Waals surface area contributed by atoms with Gasteiger partial charge >= 0.3 is 5.76 Å². The Hall–Kier alpha value is -2.71. The van der Waals surface area contributed by atoms with Gasteiger partial charge in [0.1, 0.15) is 5.52 Å². The van der Waals surface area contributed by atoms with Crippen LogP contribution in [-0.2, 0) is 6.54 Å². The van der Waals surface area contributed by atoms with Crippen LogP contribution in [0.1, 0.15) is 59.3 Å². The lowest BCUT2D eigenvalue weighted by molar-refractivity contribution is 0.266. The van der Waals surface area contributed by atoms with Crippen molar-refractivity contribution in [3.63, 3.8) is 0 Å². The molecule has 9 nitrogen and oxygen atoms in total. The number of piperidine rings is 1. The molecule has 9 heteroatoms. The molecule has 0 aromatic carbocycles. The summed E-state index contributed by atoms with van der Waals surface area (Å²) in [6.45, 7) is 9.75. The molecule has 1 saturated heterocycles. The molecule has 1 aliphatic carbocycles. The maximum atomic E-state index is 11.5. The predicted molar refractivity (Wildman–Crippen MR) is 118 cm³/mol. The summed E-state index contributed by atoms with van der Waals surface area (Å²) in [7, 11) is 0. The second-order valence-corrected chi connectivity index (χ2v) is 10.2. The van der Waals surface area contributed by atoms with Crippen molar-refractivity contribution in [2.75, 3.05) is 18.0 Å². The molecule has 3 aromatic heterocycles. The molecule has 0 spiro atoms. The number of aromatic amines is 1. The number of nitrogens with one attached hydrogen (secondary N) is 1. The molecule has 0 radical (unpaired) electrons. The fourth-order valence-electron chi connectivity index (χ4n) is 5.15. The molecule has 1 aliphatic heterocycles. The van der Waals surface area contributed by atoms with E-state index in [1.165, 1.54) is 32.1 Å². The molecule has 5 rings (SSSR count). The minimum absolute atomic E-state index is 0.211. The maximum absolute atomic E-state index is 11.5. The van der Waals surface area contributed by atoms with E-state index >= 15 is 0 Å². The number of imidazole rings is 1. The number of anilines is 1. The normalized spacial score (nSPS) is 24.0. The van der Waals surface area contributed by atoms with Crippen LogP contribution < -0.4 is 10.7 Å². The van der Waals surface area contributed by atoms with Gasteiger partial charge in [-0.2, -0.15) is 0 Å². The third kappa shape index (κ3) is 4.09. The number of aromatic nitrogens is 6. The first-order valence-electron chi connectivity index (χ1n) is 11.4. The number of hydrogen-bond donors (Lipinski definition) is 1. The van der Waals surface area contributed by atoms with Gasteiger partial charge in [-0.15, -0.1) is 0 Å². The topological polar surface area (TPSA) is 106 Å². The summed E-state index contributed by atoms with van der Waals surface area (Å²) < 4.78 is 6.92. The quantitative estimate of drug-likeness (QED) is 0.680. The SMILES string of the molecule is CC1CCC(Cn2cnc3nc(-c4noc(=O)[nH]4)nc(N4CCCC(C)(C)C4)c32)CC1. The largest absolute Gasteiger partial charge is 0.439 e. The molecule has 0 atom stereocenters. The first-order valence-corrected chi connectivity index (χ1v) is 11.4. The van der Waals surface area contributed by atoms with E-state index in [4.69, 9.17) is 4.98 Å². The smallest absolute Gasteiger partial charge is 0.354 e. The summed E-state index contributed by atoms with van der Waals surface area (Å²) in [5.74, 6) is 2.33. The van der Waals surface area contributed by atoms with E-state index in [9.17, 15) is 4.79 Å². The van der Waals surface area contributed by atoms with Crippen LogP contribution in [0.25, 0.3) is 22.8 Å². The lowest BCUT2D eigenvalue weighted by atomic mass is 9.83. The van der Waals surface area contributed by atoms with Crippen molar-refractivity contribution in [3.8, 4) is 11.6 Å². The Morgan fingerprint density at radius 1 is 1.23 bits per heavy atom. The average Bonchev–Trinajstić information content (AvgIpc) is 3.35. The molecule has 4 heterocycles. The highest BCUT2D eigenvalue weighted by Gasteiger charge is 2.30. The number of rotatable bonds is 4. The van der Waals surface area contributed by atoms with Crippen molar-refractivity contribution >= 4 is 17.0 Å². The molecule has 0 bridgehead atoms. The standard InChI is InChI=1S/C22H31N7O2/c1-14-5-7-15(8-6-14)11-29-13-23-17-16(29)20(28-10-4-9-22(2,3)12-28)25-18(24-17)19-26-21(30)31-27-19/h13-15H,4-12H2,1-3H3,(H,26,27,30). The van der Waals surface area contributed by atoms with Crippen molar-refractivity contribution in [1.82, 2.24) is 29.7 Å². The van der Waals surface area contributed by atoms with Gasteiger partial charge in [-0.05, 0) is 42.9 Å². The number of fused-ring (bicyclic) bond motifs is 1. The van der Waals surface area contributed by atoms with Crippen LogP contribution in [0, 0.1) is 17.3 Å². The van der Waals surface area contributed by atoms with Crippen LogP contribution >= 0.6 is 0 Å². The number of nitrogens with zero attached hydrogens (tertiary/aromatic N) is 6. The number of H-pyrrole nitrogens is 1. The molecule has 0 unspecified atom stereocenters. The maximum Gasteiger partial charge on any atom is 0.439 e. The molecule has 0 amide bonds. The zero-order chi connectivity index (χ0) is 21.6. The van der Waals surface area contributed by atoms with E-state index in [-0.39, 0.29) is 11.2 Å². The highest BCUT2D eigenvalue weighted by Crippen LogP contribution is 2.35. The van der Waals surface area contributed by atoms with Gasteiger partial charge in [-0.3, -0.25) is 9.51 Å². The molecular formula is C22H31N7O2. The van der Waals surface area contributed by atoms with Gasteiger partial charge in [0, 0.05) is 19.6 Å². The van der Waals surface area contributed by atoms with Crippen LogP contribution in [0.15, 0.2) is 15.6 Å². The van der Waals surface area contributed by atoms with Gasteiger partial charge in [-0.1, -0.05) is 38.8 Å². The molecular weight excluding hydrogens is 394 g/mol. The molecule has 1 saturated carbocycles. The average molecular weight is 426 g/mol. The van der Waals surface area contributed by atoms with E-state index in [1.807, 2.05) is 6.33 Å². The van der Waals surface area contributed by atoms with E-state index in [2.05, 4.69) is 54.9 Å². The zero-order valence-electron chi connectivity index (χ0n) is 18.6. The zero-order valence-corrected chi connectivity index (χ0v) is 18.6. The molecule has 2 fully saturated rings. The van der Waals surface area contributed by atoms with E-state index in [0.717, 1.165) is 43.3 Å². The van der Waals surface area contributed by atoms with Crippen molar-refractivity contribution in [3.05, 3.63) is 16.9 Å². The van der Waals surface area contributed by atoms with Gasteiger partial charge in [-0.25, -0.2) is 19.7 Å². The third-order valence-corrected chi connectivity index (χ3v) is 6.90. The molecule has 166 valence electrons. The van der Waals surface area contributed by atoms with Crippen LogP contribution in [0.3, 0.4) is 0 Å². The summed E-state index contributed by atoms with van der Waals surface area (Å²) in [6.07, 6.45) is 9.31. The van der Waals surface area contributed by atoms with Crippen molar-refractivity contribution in [2.45, 2.75) is 65.8 Å². The Balaban J connectivity index is 1.57. The Bertz CT molecular complexity index is 1120. The highest BCUT2D eigenvalue weighted by molar-refractivity contribution is 5.85. The van der Waals surface area contributed by atoms with E-state index < -0.39 is 5.76 Å². The first-order chi connectivity index (χ1) is 14.9.